The number of nitrogens with one attached hydrogen (secondary N) is 2. The van der Waals surface area contributed by atoms with Gasteiger partial charge in [0.15, 0.2) is 11.6 Å². The molecule has 4 N–H and O–H groups in total. The van der Waals surface area contributed by atoms with Crippen LogP contribution in [0.15, 0.2) is 54.9 Å². The number of benzene rings is 2. The van der Waals surface area contributed by atoms with Crippen molar-refractivity contribution in [2.45, 2.75) is 32.4 Å². The third kappa shape index (κ3) is 5.37. The first-order valence-electron chi connectivity index (χ1n) is 9.27. The number of nitrogens with two attached hydrogens (primary N) is 1. The Hall–Kier alpha value is -3.29. The first kappa shape index (κ1) is 20.4. The Kier molecular flexibility index (Phi) is 6.21. The number of aryl methyl sites for hydroxylation is 1. The quantitative estimate of drug-likeness (QED) is 0.459. The first-order chi connectivity index (χ1) is 13.9. The molecule has 3 aromatic rings. The van der Waals surface area contributed by atoms with Gasteiger partial charge in [-0.2, -0.15) is 13.2 Å². The molecular weight excluding hydrogens is 379 g/mol. The molecule has 0 saturated carbocycles. The molecule has 2 aromatic carbocycles. The van der Waals surface area contributed by atoms with Crippen molar-refractivity contribution in [2.24, 2.45) is 0 Å². The fourth-order valence-corrected chi connectivity index (χ4v) is 2.75. The largest absolute Gasteiger partial charge is 0.416 e. The number of nitrogen functional groups attached to an aromatic ring is 1. The minimum Gasteiger partial charge on any atom is -0.393 e. The van der Waals surface area contributed by atoms with E-state index in [0.717, 1.165) is 37.1 Å². The molecule has 29 heavy (non-hydrogen) atoms. The van der Waals surface area contributed by atoms with Crippen molar-refractivity contribution < 1.29 is 13.2 Å². The van der Waals surface area contributed by atoms with Crippen LogP contribution in [-0.2, 0) is 12.6 Å². The van der Waals surface area contributed by atoms with Crippen LogP contribution in [0.2, 0.25) is 0 Å². The average molecular weight is 401 g/mol. The summed E-state index contributed by atoms with van der Waals surface area (Å²) in [6.07, 6.45) is 0.279. The zero-order valence-electron chi connectivity index (χ0n) is 15.9. The zero-order valence-corrected chi connectivity index (χ0v) is 15.9. The molecule has 0 amide bonds. The summed E-state index contributed by atoms with van der Waals surface area (Å²) in [4.78, 5) is 8.24. The molecule has 8 heteroatoms. The molecule has 0 aliphatic carbocycles. The van der Waals surface area contributed by atoms with E-state index in [2.05, 4.69) is 39.7 Å². The lowest BCUT2D eigenvalue weighted by atomic mass is 10.1. The van der Waals surface area contributed by atoms with Gasteiger partial charge in [0.05, 0.1) is 5.56 Å². The van der Waals surface area contributed by atoms with Crippen LogP contribution >= 0.6 is 0 Å². The molecule has 0 radical (unpaired) electrons. The van der Waals surface area contributed by atoms with Gasteiger partial charge >= 0.3 is 6.18 Å². The lowest BCUT2D eigenvalue weighted by Gasteiger charge is -2.13. The van der Waals surface area contributed by atoms with E-state index in [1.807, 2.05) is 12.1 Å². The molecule has 1 aromatic heterocycles. The highest BCUT2D eigenvalue weighted by molar-refractivity contribution is 5.80. The van der Waals surface area contributed by atoms with Crippen LogP contribution in [0.5, 0.6) is 0 Å². The maximum atomic E-state index is 12.7. The molecule has 5 nitrogen and oxygen atoms in total. The number of rotatable bonds is 7. The molecule has 0 aliphatic rings. The maximum Gasteiger partial charge on any atom is 0.416 e. The molecule has 1 heterocycles. The Morgan fingerprint density at radius 1 is 0.862 bits per heavy atom. The topological polar surface area (TPSA) is 75.9 Å². The van der Waals surface area contributed by atoms with Crippen molar-refractivity contribution >= 4 is 28.7 Å². The number of hydrogen-bond acceptors (Lipinski definition) is 5. The monoisotopic (exact) mass is 401 g/mol. The number of anilines is 5. The molecule has 3 rings (SSSR count). The van der Waals surface area contributed by atoms with Crippen LogP contribution in [0.1, 0.15) is 30.9 Å². The molecule has 0 atom stereocenters. The SMILES string of the molecule is CCCCc1ccc(Nc2ncnc(Nc3ccc(C(F)(F)F)cc3)c2N)cc1. The second-order valence-electron chi connectivity index (χ2n) is 6.61. The third-order valence-electron chi connectivity index (χ3n) is 4.39. The summed E-state index contributed by atoms with van der Waals surface area (Å²) >= 11 is 0. The number of alkyl halides is 3. The van der Waals surface area contributed by atoms with E-state index in [0.29, 0.717) is 17.3 Å². The second-order valence-corrected chi connectivity index (χ2v) is 6.61. The molecule has 0 saturated heterocycles. The number of aromatic nitrogens is 2. The van der Waals surface area contributed by atoms with Gasteiger partial charge in [-0.15, -0.1) is 0 Å². The van der Waals surface area contributed by atoms with Gasteiger partial charge in [-0.05, 0) is 54.8 Å². The molecule has 0 fully saturated rings. The standard InChI is InChI=1S/C21H22F3N5/c1-2-3-4-14-5-9-16(10-6-14)28-19-18(25)20(27-13-26-19)29-17-11-7-15(8-12-17)21(22,23)24/h5-13H,2-4,25H2,1H3,(H2,26,27,28,29). The molecule has 0 spiro atoms. The normalized spacial score (nSPS) is 11.3. The fourth-order valence-electron chi connectivity index (χ4n) is 2.75. The Morgan fingerprint density at radius 2 is 1.38 bits per heavy atom. The Bertz CT molecular complexity index is 938. The van der Waals surface area contributed by atoms with E-state index in [1.165, 1.54) is 24.0 Å². The predicted octanol–water partition coefficient (Wildman–Crippen LogP) is 5.91. The first-order valence-corrected chi connectivity index (χ1v) is 9.27. The second kappa shape index (κ2) is 8.81. The summed E-state index contributed by atoms with van der Waals surface area (Å²) in [6, 6.07) is 12.7. The van der Waals surface area contributed by atoms with E-state index >= 15 is 0 Å². The summed E-state index contributed by atoms with van der Waals surface area (Å²) in [5, 5.41) is 6.07. The average Bonchev–Trinajstić information content (AvgIpc) is 2.70. The van der Waals surface area contributed by atoms with E-state index in [4.69, 9.17) is 5.73 Å². The van der Waals surface area contributed by atoms with Crippen molar-refractivity contribution in [1.82, 2.24) is 9.97 Å². The van der Waals surface area contributed by atoms with Crippen LogP contribution in [0.4, 0.5) is 41.9 Å². The summed E-state index contributed by atoms with van der Waals surface area (Å²) in [5.74, 6) is 0.720. The van der Waals surface area contributed by atoms with E-state index in [-0.39, 0.29) is 5.69 Å². The number of nitrogens with zero attached hydrogens (tertiary/aromatic N) is 2. The third-order valence-corrected chi connectivity index (χ3v) is 4.39. The molecule has 0 aliphatic heterocycles. The maximum absolute atomic E-state index is 12.7. The Labute approximate surface area is 167 Å². The number of hydrogen-bond donors (Lipinski definition) is 3. The summed E-state index contributed by atoms with van der Waals surface area (Å²) < 4.78 is 38.1. The van der Waals surface area contributed by atoms with Gasteiger partial charge < -0.3 is 16.4 Å². The molecule has 0 bridgehead atoms. The van der Waals surface area contributed by atoms with Gasteiger partial charge in [0.1, 0.15) is 12.0 Å². The number of unbranched alkanes of at least 4 members (excludes halogenated alkanes) is 1. The van der Waals surface area contributed by atoms with Crippen LogP contribution in [-0.4, -0.2) is 9.97 Å². The van der Waals surface area contributed by atoms with Crippen LogP contribution in [0, 0.1) is 0 Å². The van der Waals surface area contributed by atoms with Gasteiger partial charge in [-0.25, -0.2) is 9.97 Å². The minimum absolute atomic E-state index is 0.266. The summed E-state index contributed by atoms with van der Waals surface area (Å²) in [5.41, 5.74) is 8.22. The van der Waals surface area contributed by atoms with Crippen molar-refractivity contribution in [3.8, 4) is 0 Å². The fraction of sp³-hybridized carbons (Fsp3) is 0.238. The van der Waals surface area contributed by atoms with E-state index in [9.17, 15) is 13.2 Å². The minimum atomic E-state index is -4.38. The van der Waals surface area contributed by atoms with Crippen molar-refractivity contribution in [2.75, 3.05) is 16.4 Å². The lowest BCUT2D eigenvalue weighted by molar-refractivity contribution is -0.137. The number of halogens is 3. The highest BCUT2D eigenvalue weighted by atomic mass is 19.4. The van der Waals surface area contributed by atoms with Crippen molar-refractivity contribution in [3.63, 3.8) is 0 Å². The summed E-state index contributed by atoms with van der Waals surface area (Å²) in [6.45, 7) is 2.16. The van der Waals surface area contributed by atoms with Gasteiger partial charge in [-0.3, -0.25) is 0 Å². The molecule has 152 valence electrons. The van der Waals surface area contributed by atoms with Crippen LogP contribution in [0.25, 0.3) is 0 Å². The predicted molar refractivity (Wildman–Crippen MR) is 110 cm³/mol. The smallest absolute Gasteiger partial charge is 0.393 e. The van der Waals surface area contributed by atoms with Gasteiger partial charge in [-0.1, -0.05) is 25.5 Å². The highest BCUT2D eigenvalue weighted by Gasteiger charge is 2.29. The van der Waals surface area contributed by atoms with E-state index in [1.54, 1.807) is 0 Å². The summed E-state index contributed by atoms with van der Waals surface area (Å²) in [7, 11) is 0. The van der Waals surface area contributed by atoms with Gasteiger partial charge in [0.25, 0.3) is 0 Å². The van der Waals surface area contributed by atoms with Crippen LogP contribution < -0.4 is 16.4 Å². The lowest BCUT2D eigenvalue weighted by Crippen LogP contribution is -2.06. The Balaban J connectivity index is 1.72. The van der Waals surface area contributed by atoms with Crippen molar-refractivity contribution in [1.29, 1.82) is 0 Å². The van der Waals surface area contributed by atoms with Crippen LogP contribution in [0.3, 0.4) is 0 Å². The highest BCUT2D eigenvalue weighted by Crippen LogP contribution is 2.32. The molecule has 0 unspecified atom stereocenters. The van der Waals surface area contributed by atoms with Gasteiger partial charge in [0, 0.05) is 11.4 Å². The Morgan fingerprint density at radius 3 is 1.86 bits per heavy atom. The van der Waals surface area contributed by atoms with Crippen molar-refractivity contribution in [3.05, 3.63) is 66.0 Å². The van der Waals surface area contributed by atoms with Gasteiger partial charge in [0.2, 0.25) is 0 Å². The van der Waals surface area contributed by atoms with E-state index < -0.39 is 11.7 Å². The molecular formula is C21H22F3N5. The zero-order chi connectivity index (χ0) is 20.9.